The van der Waals surface area contributed by atoms with E-state index in [1.165, 1.54) is 6.07 Å². The molecular weight excluding hydrogens is 263 g/mol. The van der Waals surface area contributed by atoms with E-state index >= 15 is 0 Å². The largest absolute Gasteiger partial charge is 0.478 e. The Kier molecular flexibility index (Phi) is 5.19. The van der Waals surface area contributed by atoms with E-state index in [4.69, 9.17) is 10.8 Å². The first-order valence-corrected chi connectivity index (χ1v) is 4.48. The molecule has 0 radical (unpaired) electrons. The number of hydrogen-bond acceptors (Lipinski definition) is 3. The fraction of sp³-hybridized carbons (Fsp3) is 0.0909. The van der Waals surface area contributed by atoms with Crippen LogP contribution in [-0.2, 0) is 0 Å². The van der Waals surface area contributed by atoms with Gasteiger partial charge in [0.1, 0.15) is 0 Å². The first-order chi connectivity index (χ1) is 7.08. The topological polar surface area (TPSA) is 76.2 Å². The fourth-order valence-corrected chi connectivity index (χ4v) is 1.52. The van der Waals surface area contributed by atoms with Crippen LogP contribution in [0.3, 0.4) is 0 Å². The van der Waals surface area contributed by atoms with Crippen LogP contribution < -0.4 is 5.73 Å². The minimum absolute atomic E-state index is 0. The zero-order valence-corrected chi connectivity index (χ0v) is 10.6. The molecule has 17 heavy (non-hydrogen) atoms. The van der Waals surface area contributed by atoms with Crippen molar-refractivity contribution >= 4 is 47.4 Å². The van der Waals surface area contributed by atoms with E-state index in [-0.39, 0.29) is 30.4 Å². The lowest BCUT2D eigenvalue weighted by molar-refractivity contribution is 0.0697. The minimum atomic E-state index is -0.961. The molecule has 3 N–H and O–H groups in total. The third-order valence-electron chi connectivity index (χ3n) is 2.22. The number of halogens is 2. The number of nitrogens with two attached hydrogens (primary N) is 1. The number of pyridine rings is 1. The molecule has 0 bridgehead atoms. The zero-order valence-electron chi connectivity index (χ0n) is 9.01. The molecule has 4 nitrogen and oxygen atoms in total. The second-order valence-electron chi connectivity index (χ2n) is 3.39. The van der Waals surface area contributed by atoms with Gasteiger partial charge in [0.05, 0.1) is 11.1 Å². The fourth-order valence-electron chi connectivity index (χ4n) is 1.52. The molecule has 0 unspecified atom stereocenters. The van der Waals surface area contributed by atoms with Crippen LogP contribution >= 0.6 is 24.8 Å². The van der Waals surface area contributed by atoms with Crippen molar-refractivity contribution < 1.29 is 9.90 Å². The maximum atomic E-state index is 10.8. The number of anilines is 1. The Balaban J connectivity index is 0.00000128. The maximum absolute atomic E-state index is 10.8. The third kappa shape index (κ3) is 2.99. The average Bonchev–Trinajstić information content (AvgIpc) is 2.16. The Morgan fingerprint density at radius 1 is 1.29 bits per heavy atom. The monoisotopic (exact) mass is 274 g/mol. The first kappa shape index (κ1) is 15.5. The standard InChI is InChI=1S/C11H10N2O2.2ClH/c1-6-4-9(12)8-5-7(11(14)15)2-3-10(8)13-6;;/h2-5H,1H3,(H2,12,13)(H,14,15);2*1H. The lowest BCUT2D eigenvalue weighted by Gasteiger charge is -2.04. The number of rotatable bonds is 1. The SMILES string of the molecule is Cc1cc(N)c2cc(C(=O)O)ccc2n1.Cl.Cl. The second-order valence-corrected chi connectivity index (χ2v) is 3.39. The van der Waals surface area contributed by atoms with Gasteiger partial charge in [-0.25, -0.2) is 4.79 Å². The Bertz CT molecular complexity index is 558. The predicted octanol–water partition coefficient (Wildman–Crippen LogP) is 2.67. The highest BCUT2D eigenvalue weighted by Crippen LogP contribution is 2.21. The maximum Gasteiger partial charge on any atom is 0.335 e. The molecular formula is C11H12Cl2N2O2. The number of fused-ring (bicyclic) bond motifs is 1. The normalized spacial score (nSPS) is 9.24. The number of aromatic nitrogens is 1. The van der Waals surface area contributed by atoms with Crippen LogP contribution in [0.2, 0.25) is 0 Å². The number of nitrogen functional groups attached to an aromatic ring is 1. The second kappa shape index (κ2) is 5.70. The molecule has 1 heterocycles. The van der Waals surface area contributed by atoms with Crippen LogP contribution in [-0.4, -0.2) is 16.1 Å². The molecule has 0 saturated carbocycles. The van der Waals surface area contributed by atoms with Crippen molar-refractivity contribution in [3.63, 3.8) is 0 Å². The van der Waals surface area contributed by atoms with E-state index in [9.17, 15) is 4.79 Å². The summed E-state index contributed by atoms with van der Waals surface area (Å²) >= 11 is 0. The van der Waals surface area contributed by atoms with Gasteiger partial charge in [-0.15, -0.1) is 24.8 Å². The van der Waals surface area contributed by atoms with Gasteiger partial charge in [-0.05, 0) is 31.2 Å². The van der Waals surface area contributed by atoms with Crippen molar-refractivity contribution in [3.05, 3.63) is 35.5 Å². The van der Waals surface area contributed by atoms with Crippen molar-refractivity contribution in [3.8, 4) is 0 Å². The third-order valence-corrected chi connectivity index (χ3v) is 2.22. The molecule has 1 aromatic heterocycles. The van der Waals surface area contributed by atoms with Crippen LogP contribution in [0, 0.1) is 6.92 Å². The smallest absolute Gasteiger partial charge is 0.335 e. The van der Waals surface area contributed by atoms with Crippen LogP contribution in [0.1, 0.15) is 16.1 Å². The predicted molar refractivity (Wildman–Crippen MR) is 72.3 cm³/mol. The van der Waals surface area contributed by atoms with Gasteiger partial charge >= 0.3 is 5.97 Å². The number of aromatic carboxylic acids is 1. The molecule has 0 aliphatic carbocycles. The Morgan fingerprint density at radius 3 is 2.53 bits per heavy atom. The molecule has 0 amide bonds. The summed E-state index contributed by atoms with van der Waals surface area (Å²) in [7, 11) is 0. The molecule has 6 heteroatoms. The van der Waals surface area contributed by atoms with Crippen molar-refractivity contribution in [2.75, 3.05) is 5.73 Å². The molecule has 92 valence electrons. The van der Waals surface area contributed by atoms with Gasteiger partial charge in [-0.1, -0.05) is 0 Å². The molecule has 0 spiro atoms. The summed E-state index contributed by atoms with van der Waals surface area (Å²) in [6, 6.07) is 6.46. The summed E-state index contributed by atoms with van der Waals surface area (Å²) in [6.07, 6.45) is 0. The van der Waals surface area contributed by atoms with E-state index < -0.39 is 5.97 Å². The van der Waals surface area contributed by atoms with E-state index in [1.54, 1.807) is 18.2 Å². The highest BCUT2D eigenvalue weighted by molar-refractivity contribution is 5.97. The molecule has 0 aliphatic heterocycles. The summed E-state index contributed by atoms with van der Waals surface area (Å²) in [5, 5.41) is 9.51. The molecule has 0 fully saturated rings. The van der Waals surface area contributed by atoms with Gasteiger partial charge in [0.15, 0.2) is 0 Å². The quantitative estimate of drug-likeness (QED) is 0.838. The Hall–Kier alpha value is -1.52. The summed E-state index contributed by atoms with van der Waals surface area (Å²) in [5.41, 5.74) is 8.11. The van der Waals surface area contributed by atoms with Crippen LogP contribution in [0.25, 0.3) is 10.9 Å². The number of benzene rings is 1. The van der Waals surface area contributed by atoms with Crippen molar-refractivity contribution in [1.29, 1.82) is 0 Å². The molecule has 2 aromatic rings. The summed E-state index contributed by atoms with van der Waals surface area (Å²) in [6.45, 7) is 1.85. The number of carbonyl (C=O) groups is 1. The number of hydrogen-bond donors (Lipinski definition) is 2. The van der Waals surface area contributed by atoms with E-state index in [2.05, 4.69) is 4.98 Å². The number of nitrogens with zero attached hydrogens (tertiary/aromatic N) is 1. The van der Waals surface area contributed by atoms with Gasteiger partial charge in [-0.3, -0.25) is 4.98 Å². The average molecular weight is 275 g/mol. The molecule has 0 saturated heterocycles. The summed E-state index contributed by atoms with van der Waals surface area (Å²) in [5.74, 6) is -0.961. The van der Waals surface area contributed by atoms with Gasteiger partial charge in [-0.2, -0.15) is 0 Å². The minimum Gasteiger partial charge on any atom is -0.478 e. The highest BCUT2D eigenvalue weighted by Gasteiger charge is 2.06. The molecule has 1 aromatic carbocycles. The van der Waals surface area contributed by atoms with Crippen LogP contribution in [0.5, 0.6) is 0 Å². The number of aryl methyl sites for hydroxylation is 1. The lowest BCUT2D eigenvalue weighted by atomic mass is 10.1. The van der Waals surface area contributed by atoms with Crippen molar-refractivity contribution in [2.24, 2.45) is 0 Å². The molecule has 0 aliphatic rings. The van der Waals surface area contributed by atoms with Crippen LogP contribution in [0.15, 0.2) is 24.3 Å². The van der Waals surface area contributed by atoms with E-state index in [0.29, 0.717) is 11.1 Å². The van der Waals surface area contributed by atoms with Gasteiger partial charge in [0.2, 0.25) is 0 Å². The van der Waals surface area contributed by atoms with Gasteiger partial charge in [0, 0.05) is 16.8 Å². The van der Waals surface area contributed by atoms with Crippen molar-refractivity contribution in [2.45, 2.75) is 6.92 Å². The first-order valence-electron chi connectivity index (χ1n) is 4.48. The molecule has 2 rings (SSSR count). The van der Waals surface area contributed by atoms with E-state index in [0.717, 1.165) is 11.2 Å². The highest BCUT2D eigenvalue weighted by atomic mass is 35.5. The Morgan fingerprint density at radius 2 is 1.94 bits per heavy atom. The zero-order chi connectivity index (χ0) is 11.0. The van der Waals surface area contributed by atoms with Crippen LogP contribution in [0.4, 0.5) is 5.69 Å². The van der Waals surface area contributed by atoms with Crippen molar-refractivity contribution in [1.82, 2.24) is 4.98 Å². The van der Waals surface area contributed by atoms with Gasteiger partial charge in [0.25, 0.3) is 0 Å². The lowest BCUT2D eigenvalue weighted by Crippen LogP contribution is -1.98. The summed E-state index contributed by atoms with van der Waals surface area (Å²) < 4.78 is 0. The number of carboxylic acids is 1. The molecule has 0 atom stereocenters. The Labute approximate surface area is 111 Å². The van der Waals surface area contributed by atoms with Gasteiger partial charge < -0.3 is 10.8 Å². The summed E-state index contributed by atoms with van der Waals surface area (Å²) in [4.78, 5) is 15.0. The van der Waals surface area contributed by atoms with E-state index in [1.807, 2.05) is 6.92 Å². The number of carboxylic acid groups (broad SMARTS) is 1.